The van der Waals surface area contributed by atoms with Crippen molar-refractivity contribution in [2.45, 2.75) is 37.8 Å². The van der Waals surface area contributed by atoms with Crippen LogP contribution in [0.4, 0.5) is 0 Å². The van der Waals surface area contributed by atoms with Crippen LogP contribution in [0.1, 0.15) is 37.3 Å². The zero-order valence-corrected chi connectivity index (χ0v) is 14.9. The first-order valence-corrected chi connectivity index (χ1v) is 9.17. The van der Waals surface area contributed by atoms with Gasteiger partial charge >= 0.3 is 5.69 Å². The van der Waals surface area contributed by atoms with Crippen molar-refractivity contribution in [1.82, 2.24) is 29.1 Å². The van der Waals surface area contributed by atoms with Gasteiger partial charge in [-0.25, -0.2) is 14.8 Å². The molecule has 1 fully saturated rings. The van der Waals surface area contributed by atoms with Gasteiger partial charge in [0.15, 0.2) is 5.65 Å². The predicted octanol–water partition coefficient (Wildman–Crippen LogP) is 1.81. The van der Waals surface area contributed by atoms with Crippen LogP contribution in [0.25, 0.3) is 28.1 Å². The van der Waals surface area contributed by atoms with Crippen LogP contribution in [0.3, 0.4) is 0 Å². The predicted molar refractivity (Wildman–Crippen MR) is 101 cm³/mol. The molecule has 1 aliphatic rings. The normalized spacial score (nSPS) is 19.9. The van der Waals surface area contributed by atoms with E-state index in [2.05, 4.69) is 26.0 Å². The molecule has 9 nitrogen and oxygen atoms in total. The zero-order valence-electron chi connectivity index (χ0n) is 14.9. The van der Waals surface area contributed by atoms with E-state index in [1.165, 1.54) is 0 Å². The number of H-pyrrole nitrogens is 1. The first-order chi connectivity index (χ1) is 13.6. The average Bonchev–Trinajstić information content (AvgIpc) is 3.27. The molecule has 2 N–H and O–H groups in total. The van der Waals surface area contributed by atoms with Gasteiger partial charge in [0.2, 0.25) is 5.95 Å². The van der Waals surface area contributed by atoms with E-state index in [9.17, 15) is 9.90 Å². The summed E-state index contributed by atoms with van der Waals surface area (Å²) in [6.45, 7) is 0. The molecule has 9 heteroatoms. The molecule has 1 saturated carbocycles. The highest BCUT2D eigenvalue weighted by Crippen LogP contribution is 2.29. The van der Waals surface area contributed by atoms with E-state index in [1.807, 2.05) is 0 Å². The van der Waals surface area contributed by atoms with E-state index >= 15 is 0 Å². The highest BCUT2D eigenvalue weighted by Gasteiger charge is 2.25. The van der Waals surface area contributed by atoms with Gasteiger partial charge in [0.25, 0.3) is 0 Å². The average molecular weight is 375 g/mol. The summed E-state index contributed by atoms with van der Waals surface area (Å²) in [6, 6.07) is 7.35. The van der Waals surface area contributed by atoms with Gasteiger partial charge in [-0.3, -0.25) is 9.13 Å². The molecule has 0 aliphatic heterocycles. The Morgan fingerprint density at radius 3 is 2.82 bits per heavy atom. The van der Waals surface area contributed by atoms with Crippen molar-refractivity contribution in [3.63, 3.8) is 0 Å². The third-order valence-electron chi connectivity index (χ3n) is 5.37. The van der Waals surface area contributed by atoms with E-state index < -0.39 is 0 Å². The van der Waals surface area contributed by atoms with Crippen molar-refractivity contribution in [2.75, 3.05) is 0 Å². The molecule has 3 aromatic heterocycles. The van der Waals surface area contributed by atoms with Crippen LogP contribution in [0.2, 0.25) is 0 Å². The summed E-state index contributed by atoms with van der Waals surface area (Å²) in [5, 5.41) is 18.9. The number of fused-ring (bicyclic) bond motifs is 2. The first-order valence-electron chi connectivity index (χ1n) is 9.17. The van der Waals surface area contributed by atoms with Crippen LogP contribution in [-0.4, -0.2) is 40.3 Å². The molecule has 0 atom stereocenters. The fourth-order valence-corrected chi connectivity index (χ4v) is 3.92. The van der Waals surface area contributed by atoms with Gasteiger partial charge < -0.3 is 10.1 Å². The van der Waals surface area contributed by atoms with E-state index in [-0.39, 0.29) is 17.8 Å². The lowest BCUT2D eigenvalue weighted by atomic mass is 9.93. The molecule has 0 unspecified atom stereocenters. The quantitative estimate of drug-likeness (QED) is 0.550. The third kappa shape index (κ3) is 2.58. The molecule has 0 radical (unpaired) electrons. The molecule has 4 aromatic rings. The second-order valence-electron chi connectivity index (χ2n) is 7.10. The Hall–Kier alpha value is -3.51. The topological polar surface area (TPSA) is 125 Å². The van der Waals surface area contributed by atoms with Crippen LogP contribution < -0.4 is 5.69 Å². The first kappa shape index (κ1) is 16.6. The molecule has 3 heterocycles. The number of benzene rings is 1. The standard InChI is InChI=1S/C19H17N7O2/c20-8-11-1-6-14-16(7-11)25(10-22-14)18-21-9-15-17(24-18)26(19(28)23-15)12-2-4-13(27)5-3-12/h1,6-7,9-10,12-13,27H,2-5H2,(H,23,28)/t12-,13-. The van der Waals surface area contributed by atoms with Gasteiger partial charge in [0.05, 0.1) is 35.0 Å². The van der Waals surface area contributed by atoms with Gasteiger partial charge in [-0.1, -0.05) is 0 Å². The number of hydrogen-bond acceptors (Lipinski definition) is 6. The number of aromatic amines is 1. The number of rotatable bonds is 2. The maximum atomic E-state index is 12.5. The molecule has 0 bridgehead atoms. The van der Waals surface area contributed by atoms with Crippen LogP contribution >= 0.6 is 0 Å². The highest BCUT2D eigenvalue weighted by molar-refractivity contribution is 5.79. The summed E-state index contributed by atoms with van der Waals surface area (Å²) in [4.78, 5) is 28.7. The number of aliphatic hydroxyl groups excluding tert-OH is 1. The molecule has 5 rings (SSSR count). The van der Waals surface area contributed by atoms with Crippen molar-refractivity contribution in [3.05, 3.63) is 46.8 Å². The summed E-state index contributed by atoms with van der Waals surface area (Å²) in [5.74, 6) is 0.383. The summed E-state index contributed by atoms with van der Waals surface area (Å²) in [6.07, 6.45) is 5.70. The van der Waals surface area contributed by atoms with Gasteiger partial charge in [0, 0.05) is 6.04 Å². The molecule has 0 saturated heterocycles. The number of hydrogen-bond donors (Lipinski definition) is 2. The minimum Gasteiger partial charge on any atom is -0.393 e. The SMILES string of the molecule is N#Cc1ccc2ncn(-c3ncc4[nH]c(=O)n([C@H]5CC[C@H](O)CC5)c4n3)c2c1. The minimum atomic E-state index is -0.297. The highest BCUT2D eigenvalue weighted by atomic mass is 16.3. The van der Waals surface area contributed by atoms with Crippen molar-refractivity contribution >= 4 is 22.2 Å². The van der Waals surface area contributed by atoms with E-state index in [0.29, 0.717) is 35.5 Å². The van der Waals surface area contributed by atoms with Gasteiger partial charge in [0.1, 0.15) is 11.8 Å². The minimum absolute atomic E-state index is 0.00266. The number of nitrogens with zero attached hydrogens (tertiary/aromatic N) is 6. The Labute approximate surface area is 158 Å². The maximum Gasteiger partial charge on any atom is 0.327 e. The summed E-state index contributed by atoms with van der Waals surface area (Å²) < 4.78 is 3.38. The monoisotopic (exact) mass is 375 g/mol. The summed E-state index contributed by atoms with van der Waals surface area (Å²) in [5.41, 5.74) is 2.87. The molecule has 1 aromatic carbocycles. The Bertz CT molecular complexity index is 1290. The third-order valence-corrected chi connectivity index (χ3v) is 5.37. The molecule has 0 spiro atoms. The Balaban J connectivity index is 1.65. The lowest BCUT2D eigenvalue weighted by molar-refractivity contribution is 0.111. The number of nitriles is 1. The Kier molecular flexibility index (Phi) is 3.74. The summed E-state index contributed by atoms with van der Waals surface area (Å²) in [7, 11) is 0. The van der Waals surface area contributed by atoms with Crippen molar-refractivity contribution in [1.29, 1.82) is 5.26 Å². The van der Waals surface area contributed by atoms with E-state index in [1.54, 1.807) is 39.9 Å². The van der Waals surface area contributed by atoms with E-state index in [4.69, 9.17) is 5.26 Å². The Morgan fingerprint density at radius 1 is 1.21 bits per heavy atom. The van der Waals surface area contributed by atoms with Crippen molar-refractivity contribution < 1.29 is 5.11 Å². The van der Waals surface area contributed by atoms with Crippen molar-refractivity contribution in [3.8, 4) is 12.0 Å². The van der Waals surface area contributed by atoms with Crippen LogP contribution in [0.5, 0.6) is 0 Å². The molecular formula is C19H17N7O2. The largest absolute Gasteiger partial charge is 0.393 e. The maximum absolute atomic E-state index is 12.5. The lowest BCUT2D eigenvalue weighted by Crippen LogP contribution is -2.28. The second-order valence-corrected chi connectivity index (χ2v) is 7.10. The van der Waals surface area contributed by atoms with Crippen molar-refractivity contribution in [2.24, 2.45) is 0 Å². The lowest BCUT2D eigenvalue weighted by Gasteiger charge is -2.25. The number of nitrogens with one attached hydrogen (secondary N) is 1. The number of aliphatic hydroxyl groups is 1. The second kappa shape index (κ2) is 6.28. The fourth-order valence-electron chi connectivity index (χ4n) is 3.92. The van der Waals surface area contributed by atoms with Crippen LogP contribution in [0.15, 0.2) is 35.5 Å². The van der Waals surface area contributed by atoms with E-state index in [0.717, 1.165) is 23.9 Å². The molecular weight excluding hydrogens is 358 g/mol. The molecule has 0 amide bonds. The smallest absolute Gasteiger partial charge is 0.327 e. The van der Waals surface area contributed by atoms with Gasteiger partial charge in [-0.2, -0.15) is 10.2 Å². The number of imidazole rings is 2. The number of aromatic nitrogens is 6. The van der Waals surface area contributed by atoms with Gasteiger partial charge in [-0.15, -0.1) is 0 Å². The molecule has 28 heavy (non-hydrogen) atoms. The summed E-state index contributed by atoms with van der Waals surface area (Å²) >= 11 is 0. The zero-order chi connectivity index (χ0) is 19.3. The van der Waals surface area contributed by atoms with Gasteiger partial charge in [-0.05, 0) is 43.9 Å². The van der Waals surface area contributed by atoms with Crippen LogP contribution in [0, 0.1) is 11.3 Å². The molecule has 1 aliphatic carbocycles. The Morgan fingerprint density at radius 2 is 2.04 bits per heavy atom. The molecule has 140 valence electrons. The fraction of sp³-hybridized carbons (Fsp3) is 0.316. The van der Waals surface area contributed by atoms with Crippen LogP contribution in [-0.2, 0) is 0 Å².